The largest absolute Gasteiger partial charge is 0.278 e. The lowest BCUT2D eigenvalue weighted by atomic mass is 10.0. The highest BCUT2D eigenvalue weighted by Gasteiger charge is 2.16. The maximum Gasteiger partial charge on any atom is 0.261 e. The first-order valence-corrected chi connectivity index (χ1v) is 8.54. The molecule has 112 valence electrons. The lowest BCUT2D eigenvalue weighted by molar-refractivity contribution is 0.601. The standard InChI is InChI=1S/C16H18ClNO2S/c1-11(2)13-5-7-14(8-6-13)21(19,20)18-16-9-4-12(3)10-15(16)17/h4-11,18H,1-3H3. The van der Waals surface area contributed by atoms with Gasteiger partial charge in [0.2, 0.25) is 0 Å². The van der Waals surface area contributed by atoms with Crippen molar-refractivity contribution in [2.45, 2.75) is 31.6 Å². The summed E-state index contributed by atoms with van der Waals surface area (Å²) in [6, 6.07) is 12.1. The third-order valence-electron chi connectivity index (χ3n) is 3.23. The van der Waals surface area contributed by atoms with Crippen molar-refractivity contribution < 1.29 is 8.42 Å². The van der Waals surface area contributed by atoms with Gasteiger partial charge in [0.25, 0.3) is 10.0 Å². The first-order valence-electron chi connectivity index (χ1n) is 6.68. The fraction of sp³-hybridized carbons (Fsp3) is 0.250. The molecule has 0 aromatic heterocycles. The topological polar surface area (TPSA) is 46.2 Å². The maximum absolute atomic E-state index is 12.4. The monoisotopic (exact) mass is 323 g/mol. The summed E-state index contributed by atoms with van der Waals surface area (Å²) in [5, 5.41) is 0.386. The number of sulfonamides is 1. The van der Waals surface area contributed by atoms with Crippen molar-refractivity contribution >= 4 is 27.3 Å². The Kier molecular flexibility index (Phi) is 4.59. The molecule has 0 fully saturated rings. The Bertz CT molecular complexity index is 737. The summed E-state index contributed by atoms with van der Waals surface area (Å²) in [5.74, 6) is 0.362. The Morgan fingerprint density at radius 1 is 1.05 bits per heavy atom. The molecule has 3 nitrogen and oxygen atoms in total. The molecule has 0 aliphatic heterocycles. The Morgan fingerprint density at radius 2 is 1.67 bits per heavy atom. The van der Waals surface area contributed by atoms with E-state index in [2.05, 4.69) is 18.6 Å². The van der Waals surface area contributed by atoms with E-state index in [9.17, 15) is 8.42 Å². The van der Waals surface area contributed by atoms with Crippen molar-refractivity contribution in [3.05, 3.63) is 58.6 Å². The molecule has 0 atom stereocenters. The second-order valence-electron chi connectivity index (χ2n) is 5.31. The zero-order valence-corrected chi connectivity index (χ0v) is 13.8. The molecule has 0 bridgehead atoms. The molecular formula is C16H18ClNO2S. The van der Waals surface area contributed by atoms with Gasteiger partial charge < -0.3 is 0 Å². The number of hydrogen-bond acceptors (Lipinski definition) is 2. The van der Waals surface area contributed by atoms with Crippen LogP contribution in [0, 0.1) is 6.92 Å². The van der Waals surface area contributed by atoms with Gasteiger partial charge in [-0.3, -0.25) is 4.72 Å². The normalized spacial score (nSPS) is 11.7. The van der Waals surface area contributed by atoms with Crippen LogP contribution in [0.3, 0.4) is 0 Å². The third kappa shape index (κ3) is 3.77. The van der Waals surface area contributed by atoms with E-state index in [1.54, 1.807) is 24.3 Å². The van der Waals surface area contributed by atoms with Crippen LogP contribution in [-0.4, -0.2) is 8.42 Å². The van der Waals surface area contributed by atoms with Gasteiger partial charge in [0.1, 0.15) is 0 Å². The van der Waals surface area contributed by atoms with Crippen molar-refractivity contribution in [1.29, 1.82) is 0 Å². The molecule has 0 heterocycles. The summed E-state index contributed by atoms with van der Waals surface area (Å²) >= 11 is 6.06. The van der Waals surface area contributed by atoms with Gasteiger partial charge in [-0.1, -0.05) is 43.6 Å². The zero-order valence-electron chi connectivity index (χ0n) is 12.2. The summed E-state index contributed by atoms with van der Waals surface area (Å²) < 4.78 is 27.2. The van der Waals surface area contributed by atoms with Crippen molar-refractivity contribution in [2.75, 3.05) is 4.72 Å². The quantitative estimate of drug-likeness (QED) is 0.895. The molecule has 0 spiro atoms. The van der Waals surface area contributed by atoms with Gasteiger partial charge in [-0.2, -0.15) is 0 Å². The number of nitrogens with one attached hydrogen (secondary N) is 1. The smallest absolute Gasteiger partial charge is 0.261 e. The van der Waals surface area contributed by atoms with E-state index in [-0.39, 0.29) is 4.90 Å². The molecule has 5 heteroatoms. The Balaban J connectivity index is 2.29. The molecule has 0 saturated carbocycles. The SMILES string of the molecule is Cc1ccc(NS(=O)(=O)c2ccc(C(C)C)cc2)c(Cl)c1. The van der Waals surface area contributed by atoms with Crippen molar-refractivity contribution in [1.82, 2.24) is 0 Å². The minimum absolute atomic E-state index is 0.226. The summed E-state index contributed by atoms with van der Waals surface area (Å²) in [7, 11) is -3.63. The predicted molar refractivity (Wildman–Crippen MR) is 87.5 cm³/mol. The molecule has 2 aromatic rings. The summed E-state index contributed by atoms with van der Waals surface area (Å²) in [5.41, 5.74) is 2.46. The van der Waals surface area contributed by atoms with Crippen LogP contribution < -0.4 is 4.72 Å². The molecule has 2 aromatic carbocycles. The van der Waals surface area contributed by atoms with Gasteiger partial charge in [0.05, 0.1) is 15.6 Å². The van der Waals surface area contributed by atoms with E-state index in [4.69, 9.17) is 11.6 Å². The number of benzene rings is 2. The maximum atomic E-state index is 12.4. The molecule has 0 unspecified atom stereocenters. The van der Waals surface area contributed by atoms with Crippen molar-refractivity contribution in [2.24, 2.45) is 0 Å². The second kappa shape index (κ2) is 6.08. The lowest BCUT2D eigenvalue weighted by Crippen LogP contribution is -2.13. The van der Waals surface area contributed by atoms with E-state index in [0.29, 0.717) is 16.6 Å². The fourth-order valence-corrected chi connectivity index (χ4v) is 3.36. The minimum atomic E-state index is -3.63. The van der Waals surface area contributed by atoms with Crippen LogP contribution in [0.2, 0.25) is 5.02 Å². The minimum Gasteiger partial charge on any atom is -0.278 e. The molecule has 2 rings (SSSR count). The highest BCUT2D eigenvalue weighted by molar-refractivity contribution is 7.92. The first kappa shape index (κ1) is 15.9. The van der Waals surface area contributed by atoms with E-state index in [0.717, 1.165) is 11.1 Å². The highest BCUT2D eigenvalue weighted by Crippen LogP contribution is 2.26. The molecule has 0 saturated heterocycles. The Labute approximate surface area is 131 Å². The summed E-state index contributed by atoms with van der Waals surface area (Å²) in [6.07, 6.45) is 0. The number of anilines is 1. The van der Waals surface area contributed by atoms with E-state index in [1.807, 2.05) is 25.1 Å². The van der Waals surface area contributed by atoms with Crippen LogP contribution in [0.25, 0.3) is 0 Å². The third-order valence-corrected chi connectivity index (χ3v) is 4.92. The zero-order chi connectivity index (χ0) is 15.6. The first-order chi connectivity index (χ1) is 9.79. The second-order valence-corrected chi connectivity index (χ2v) is 7.40. The van der Waals surface area contributed by atoms with Gasteiger partial charge in [0, 0.05) is 0 Å². The van der Waals surface area contributed by atoms with Crippen LogP contribution >= 0.6 is 11.6 Å². The van der Waals surface area contributed by atoms with Gasteiger partial charge in [-0.05, 0) is 48.2 Å². The van der Waals surface area contributed by atoms with Gasteiger partial charge in [-0.15, -0.1) is 0 Å². The number of halogens is 1. The molecule has 0 aliphatic rings. The van der Waals surface area contributed by atoms with E-state index >= 15 is 0 Å². The molecular weight excluding hydrogens is 306 g/mol. The predicted octanol–water partition coefficient (Wildman–Crippen LogP) is 4.57. The molecule has 1 N–H and O–H groups in total. The van der Waals surface area contributed by atoms with E-state index < -0.39 is 10.0 Å². The molecule has 21 heavy (non-hydrogen) atoms. The number of rotatable bonds is 4. The average Bonchev–Trinajstić information content (AvgIpc) is 2.42. The van der Waals surface area contributed by atoms with Gasteiger partial charge >= 0.3 is 0 Å². The Morgan fingerprint density at radius 3 is 2.19 bits per heavy atom. The summed E-state index contributed by atoms with van der Waals surface area (Å²) in [4.78, 5) is 0.226. The number of aryl methyl sites for hydroxylation is 1. The summed E-state index contributed by atoms with van der Waals surface area (Å²) in [6.45, 7) is 6.02. The number of hydrogen-bond donors (Lipinski definition) is 1. The van der Waals surface area contributed by atoms with Crippen molar-refractivity contribution in [3.63, 3.8) is 0 Å². The molecule has 0 aliphatic carbocycles. The van der Waals surface area contributed by atoms with E-state index in [1.165, 1.54) is 0 Å². The van der Waals surface area contributed by atoms with Gasteiger partial charge in [0.15, 0.2) is 0 Å². The van der Waals surface area contributed by atoms with Crippen LogP contribution in [0.15, 0.2) is 47.4 Å². The fourth-order valence-electron chi connectivity index (χ4n) is 1.94. The Hall–Kier alpha value is -1.52. The lowest BCUT2D eigenvalue weighted by Gasteiger charge is -2.11. The molecule has 0 radical (unpaired) electrons. The van der Waals surface area contributed by atoms with Crippen LogP contribution in [0.1, 0.15) is 30.9 Å². The van der Waals surface area contributed by atoms with Crippen LogP contribution in [-0.2, 0) is 10.0 Å². The van der Waals surface area contributed by atoms with Crippen molar-refractivity contribution in [3.8, 4) is 0 Å². The molecule has 0 amide bonds. The van der Waals surface area contributed by atoms with Gasteiger partial charge in [-0.25, -0.2) is 8.42 Å². The van der Waals surface area contributed by atoms with Crippen LogP contribution in [0.4, 0.5) is 5.69 Å². The average molecular weight is 324 g/mol. The highest BCUT2D eigenvalue weighted by atomic mass is 35.5. The van der Waals surface area contributed by atoms with Crippen LogP contribution in [0.5, 0.6) is 0 Å².